The molecule has 1 aliphatic heterocycles. The molecule has 104 valence electrons. The summed E-state index contributed by atoms with van der Waals surface area (Å²) in [6, 6.07) is 5.73. The third kappa shape index (κ3) is 2.18. The van der Waals surface area contributed by atoms with Crippen molar-refractivity contribution in [2.45, 2.75) is 25.3 Å². The maximum Gasteiger partial charge on any atom is 0.234 e. The first-order valence-electron chi connectivity index (χ1n) is 6.69. The highest BCUT2D eigenvalue weighted by Gasteiger charge is 2.29. The monoisotopic (exact) mass is 272 g/mol. The molecule has 1 aromatic carbocycles. The molecular weight excluding hydrogens is 256 g/mol. The van der Waals surface area contributed by atoms with E-state index >= 15 is 0 Å². The molecule has 2 aromatic rings. The molecule has 1 aliphatic rings. The van der Waals surface area contributed by atoms with Crippen LogP contribution >= 0.6 is 0 Å². The van der Waals surface area contributed by atoms with Gasteiger partial charge >= 0.3 is 0 Å². The minimum absolute atomic E-state index is 0.197. The van der Waals surface area contributed by atoms with Crippen molar-refractivity contribution in [1.82, 2.24) is 15.1 Å². The molecule has 6 heteroatoms. The number of carbonyl (C=O) groups excluding carboxylic acids is 2. The van der Waals surface area contributed by atoms with Crippen LogP contribution in [0.15, 0.2) is 24.4 Å². The molecule has 6 nitrogen and oxygen atoms in total. The summed E-state index contributed by atoms with van der Waals surface area (Å²) in [5, 5.41) is 7.79. The first-order valence-corrected chi connectivity index (χ1v) is 6.69. The van der Waals surface area contributed by atoms with Crippen LogP contribution in [0.5, 0.6) is 0 Å². The SMILES string of the molecule is NCCn1cc2c(C3CCC(=O)NC3=O)cccc2n1. The van der Waals surface area contributed by atoms with Gasteiger partial charge in [-0.3, -0.25) is 19.6 Å². The van der Waals surface area contributed by atoms with Crippen LogP contribution in [0.4, 0.5) is 0 Å². The number of hydrogen-bond donors (Lipinski definition) is 2. The van der Waals surface area contributed by atoms with Gasteiger partial charge in [0.15, 0.2) is 0 Å². The summed E-state index contributed by atoms with van der Waals surface area (Å²) in [5.74, 6) is -0.704. The number of imide groups is 1. The van der Waals surface area contributed by atoms with E-state index in [2.05, 4.69) is 10.4 Å². The third-order valence-electron chi connectivity index (χ3n) is 3.60. The van der Waals surface area contributed by atoms with Crippen molar-refractivity contribution in [2.75, 3.05) is 6.54 Å². The highest BCUT2D eigenvalue weighted by atomic mass is 16.2. The Kier molecular flexibility index (Phi) is 3.23. The number of piperidine rings is 1. The van der Waals surface area contributed by atoms with E-state index in [1.54, 1.807) is 4.68 Å². The fourth-order valence-corrected chi connectivity index (χ4v) is 2.66. The van der Waals surface area contributed by atoms with E-state index in [1.807, 2.05) is 24.4 Å². The summed E-state index contributed by atoms with van der Waals surface area (Å²) >= 11 is 0. The number of nitrogens with one attached hydrogen (secondary N) is 1. The predicted molar refractivity (Wildman–Crippen MR) is 73.9 cm³/mol. The van der Waals surface area contributed by atoms with Gasteiger partial charge in [0.25, 0.3) is 0 Å². The third-order valence-corrected chi connectivity index (χ3v) is 3.60. The summed E-state index contributed by atoms with van der Waals surface area (Å²) in [5.41, 5.74) is 7.31. The Hall–Kier alpha value is -2.21. The van der Waals surface area contributed by atoms with E-state index in [9.17, 15) is 9.59 Å². The second-order valence-electron chi connectivity index (χ2n) is 4.96. The molecule has 2 heterocycles. The number of hydrogen-bond acceptors (Lipinski definition) is 4. The number of amides is 2. The Labute approximate surface area is 115 Å². The van der Waals surface area contributed by atoms with Crippen molar-refractivity contribution in [2.24, 2.45) is 5.73 Å². The van der Waals surface area contributed by atoms with Crippen LogP contribution in [0, 0.1) is 0 Å². The van der Waals surface area contributed by atoms with Crippen LogP contribution in [0.3, 0.4) is 0 Å². The molecule has 0 spiro atoms. The van der Waals surface area contributed by atoms with E-state index < -0.39 is 0 Å². The van der Waals surface area contributed by atoms with Crippen molar-refractivity contribution in [1.29, 1.82) is 0 Å². The van der Waals surface area contributed by atoms with Gasteiger partial charge < -0.3 is 5.73 Å². The molecule has 20 heavy (non-hydrogen) atoms. The lowest BCUT2D eigenvalue weighted by molar-refractivity contribution is -0.134. The van der Waals surface area contributed by atoms with Gasteiger partial charge in [-0.1, -0.05) is 12.1 Å². The molecule has 3 rings (SSSR count). The average Bonchev–Trinajstić information content (AvgIpc) is 2.82. The molecule has 1 fully saturated rings. The number of fused-ring (bicyclic) bond motifs is 1. The Morgan fingerprint density at radius 3 is 3.00 bits per heavy atom. The van der Waals surface area contributed by atoms with E-state index in [0.717, 1.165) is 16.5 Å². The van der Waals surface area contributed by atoms with Crippen molar-refractivity contribution in [3.63, 3.8) is 0 Å². The van der Waals surface area contributed by atoms with Crippen molar-refractivity contribution >= 4 is 22.7 Å². The van der Waals surface area contributed by atoms with Gasteiger partial charge in [-0.2, -0.15) is 5.10 Å². The maximum absolute atomic E-state index is 12.0. The number of benzene rings is 1. The molecule has 0 radical (unpaired) electrons. The molecule has 1 unspecified atom stereocenters. The zero-order valence-corrected chi connectivity index (χ0v) is 11.0. The van der Waals surface area contributed by atoms with Gasteiger partial charge in [-0.25, -0.2) is 0 Å². The van der Waals surface area contributed by atoms with E-state index in [1.165, 1.54) is 0 Å². The topological polar surface area (TPSA) is 90.0 Å². The van der Waals surface area contributed by atoms with Gasteiger partial charge in [0.2, 0.25) is 11.8 Å². The Balaban J connectivity index is 2.02. The largest absolute Gasteiger partial charge is 0.329 e. The van der Waals surface area contributed by atoms with Crippen LogP contribution in [0.1, 0.15) is 24.3 Å². The second-order valence-corrected chi connectivity index (χ2v) is 4.96. The molecule has 2 amide bonds. The maximum atomic E-state index is 12.0. The predicted octanol–water partition coefficient (Wildman–Crippen LogP) is 0.515. The fourth-order valence-electron chi connectivity index (χ4n) is 2.66. The summed E-state index contributed by atoms with van der Waals surface area (Å²) < 4.78 is 1.79. The minimum Gasteiger partial charge on any atom is -0.329 e. The smallest absolute Gasteiger partial charge is 0.234 e. The van der Waals surface area contributed by atoms with Crippen LogP contribution in [0.2, 0.25) is 0 Å². The van der Waals surface area contributed by atoms with E-state index in [4.69, 9.17) is 5.73 Å². The molecular formula is C14H16N4O2. The van der Waals surface area contributed by atoms with E-state index in [-0.39, 0.29) is 17.7 Å². The highest BCUT2D eigenvalue weighted by molar-refractivity contribution is 6.02. The summed E-state index contributed by atoms with van der Waals surface area (Å²) in [6.45, 7) is 1.16. The zero-order chi connectivity index (χ0) is 14.1. The van der Waals surface area contributed by atoms with Crippen molar-refractivity contribution in [3.05, 3.63) is 30.0 Å². The highest BCUT2D eigenvalue weighted by Crippen LogP contribution is 2.30. The molecule has 0 aliphatic carbocycles. The first-order chi connectivity index (χ1) is 9.69. The lowest BCUT2D eigenvalue weighted by Gasteiger charge is -2.21. The van der Waals surface area contributed by atoms with Gasteiger partial charge in [0.1, 0.15) is 0 Å². The van der Waals surface area contributed by atoms with Crippen LogP contribution in [0.25, 0.3) is 10.9 Å². The quantitative estimate of drug-likeness (QED) is 0.797. The number of carbonyl (C=O) groups is 2. The van der Waals surface area contributed by atoms with Crippen molar-refractivity contribution < 1.29 is 9.59 Å². The number of nitrogens with zero attached hydrogens (tertiary/aromatic N) is 2. The number of aromatic nitrogens is 2. The summed E-state index contributed by atoms with van der Waals surface area (Å²) in [6.07, 6.45) is 2.84. The summed E-state index contributed by atoms with van der Waals surface area (Å²) in [4.78, 5) is 23.2. The first kappa shape index (κ1) is 12.8. The molecule has 1 saturated heterocycles. The molecule has 0 bridgehead atoms. The lowest BCUT2D eigenvalue weighted by atomic mass is 9.89. The molecule has 0 saturated carbocycles. The van der Waals surface area contributed by atoms with E-state index in [0.29, 0.717) is 25.9 Å². The van der Waals surface area contributed by atoms with Crippen LogP contribution < -0.4 is 11.1 Å². The van der Waals surface area contributed by atoms with Gasteiger partial charge in [0, 0.05) is 24.5 Å². The van der Waals surface area contributed by atoms with Gasteiger partial charge in [-0.15, -0.1) is 0 Å². The summed E-state index contributed by atoms with van der Waals surface area (Å²) in [7, 11) is 0. The Bertz CT molecular complexity index is 677. The average molecular weight is 272 g/mol. The number of nitrogens with two attached hydrogens (primary N) is 1. The minimum atomic E-state index is -0.285. The van der Waals surface area contributed by atoms with Crippen molar-refractivity contribution in [3.8, 4) is 0 Å². The Morgan fingerprint density at radius 1 is 1.40 bits per heavy atom. The molecule has 3 N–H and O–H groups in total. The molecule has 1 atom stereocenters. The van der Waals surface area contributed by atoms with Gasteiger partial charge in [0.05, 0.1) is 18.0 Å². The Morgan fingerprint density at radius 2 is 2.25 bits per heavy atom. The fraction of sp³-hybridized carbons (Fsp3) is 0.357. The second kappa shape index (κ2) is 5.05. The van der Waals surface area contributed by atoms with Gasteiger partial charge in [-0.05, 0) is 18.1 Å². The molecule has 1 aromatic heterocycles. The number of rotatable bonds is 3. The van der Waals surface area contributed by atoms with Crippen LogP contribution in [-0.2, 0) is 16.1 Å². The van der Waals surface area contributed by atoms with Crippen LogP contribution in [-0.4, -0.2) is 28.1 Å². The lowest BCUT2D eigenvalue weighted by Crippen LogP contribution is -2.39. The standard InChI is InChI=1S/C14H16N4O2/c15-6-7-18-8-11-9(2-1-3-12(11)17-18)10-4-5-13(19)16-14(10)20/h1-3,8,10H,4-7,15H2,(H,16,19,20). The zero-order valence-electron chi connectivity index (χ0n) is 11.0. The normalized spacial score (nSPS) is 19.4.